The number of hydrogen-bond acceptors (Lipinski definition) is 3. The molecular weight excluding hydrogens is 272 g/mol. The van der Waals surface area contributed by atoms with Gasteiger partial charge in [0.2, 0.25) is 0 Å². The first-order valence-corrected chi connectivity index (χ1v) is 8.93. The predicted molar refractivity (Wildman–Crippen MR) is 86.2 cm³/mol. The molecule has 0 bridgehead atoms. The second-order valence-corrected chi connectivity index (χ2v) is 7.69. The average molecular weight is 302 g/mol. The lowest BCUT2D eigenvalue weighted by atomic mass is 9.89. The SMILES string of the molecule is CSC1CCCC(NC(=O)NCCCC(C)(C)CO)C1. The lowest BCUT2D eigenvalue weighted by Gasteiger charge is -2.28. The van der Waals surface area contributed by atoms with E-state index in [9.17, 15) is 4.79 Å². The summed E-state index contributed by atoms with van der Waals surface area (Å²) in [5.41, 5.74) is -0.0485. The summed E-state index contributed by atoms with van der Waals surface area (Å²) in [5, 5.41) is 15.9. The summed E-state index contributed by atoms with van der Waals surface area (Å²) < 4.78 is 0. The molecule has 0 radical (unpaired) electrons. The van der Waals surface area contributed by atoms with Gasteiger partial charge in [-0.3, -0.25) is 0 Å². The topological polar surface area (TPSA) is 61.4 Å². The van der Waals surface area contributed by atoms with Crippen molar-refractivity contribution in [2.24, 2.45) is 5.41 Å². The first kappa shape index (κ1) is 17.6. The number of aliphatic hydroxyl groups is 1. The van der Waals surface area contributed by atoms with Gasteiger partial charge in [-0.15, -0.1) is 0 Å². The van der Waals surface area contributed by atoms with Crippen LogP contribution < -0.4 is 10.6 Å². The van der Waals surface area contributed by atoms with Crippen molar-refractivity contribution in [1.29, 1.82) is 0 Å². The third kappa shape index (κ3) is 6.84. The van der Waals surface area contributed by atoms with Gasteiger partial charge in [-0.1, -0.05) is 20.3 Å². The van der Waals surface area contributed by atoms with Crippen LogP contribution in [-0.2, 0) is 0 Å². The average Bonchev–Trinajstić information content (AvgIpc) is 2.44. The predicted octanol–water partition coefficient (Wildman–Crippen LogP) is 2.76. The first-order chi connectivity index (χ1) is 9.46. The van der Waals surface area contributed by atoms with E-state index in [1.54, 1.807) is 0 Å². The van der Waals surface area contributed by atoms with Crippen LogP contribution in [0.25, 0.3) is 0 Å². The van der Waals surface area contributed by atoms with Crippen LogP contribution in [0.3, 0.4) is 0 Å². The Balaban J connectivity index is 2.14. The van der Waals surface area contributed by atoms with Crippen LogP contribution in [0.1, 0.15) is 52.4 Å². The van der Waals surface area contributed by atoms with Crippen molar-refractivity contribution in [3.63, 3.8) is 0 Å². The van der Waals surface area contributed by atoms with Gasteiger partial charge < -0.3 is 15.7 Å². The van der Waals surface area contributed by atoms with Crippen molar-refractivity contribution < 1.29 is 9.90 Å². The Morgan fingerprint density at radius 3 is 2.80 bits per heavy atom. The fourth-order valence-electron chi connectivity index (χ4n) is 2.57. The summed E-state index contributed by atoms with van der Waals surface area (Å²) >= 11 is 1.91. The minimum atomic E-state index is -0.0485. The van der Waals surface area contributed by atoms with E-state index in [0.29, 0.717) is 17.8 Å². The largest absolute Gasteiger partial charge is 0.396 e. The zero-order valence-electron chi connectivity index (χ0n) is 13.1. The van der Waals surface area contributed by atoms with Crippen LogP contribution in [-0.4, -0.2) is 41.8 Å². The number of aliphatic hydroxyl groups excluding tert-OH is 1. The van der Waals surface area contributed by atoms with Crippen LogP contribution >= 0.6 is 11.8 Å². The molecule has 0 saturated heterocycles. The molecule has 1 aliphatic rings. The van der Waals surface area contributed by atoms with E-state index in [1.165, 1.54) is 12.8 Å². The van der Waals surface area contributed by atoms with Crippen LogP contribution in [0.5, 0.6) is 0 Å². The van der Waals surface area contributed by atoms with Crippen molar-refractivity contribution >= 4 is 17.8 Å². The summed E-state index contributed by atoms with van der Waals surface area (Å²) in [6.45, 7) is 4.95. The zero-order valence-corrected chi connectivity index (χ0v) is 13.9. The minimum absolute atomic E-state index is 0.0430. The summed E-state index contributed by atoms with van der Waals surface area (Å²) in [7, 11) is 0. The molecule has 0 aliphatic heterocycles. The van der Waals surface area contributed by atoms with E-state index in [1.807, 2.05) is 25.6 Å². The van der Waals surface area contributed by atoms with Crippen molar-refractivity contribution in [3.8, 4) is 0 Å². The molecule has 2 unspecified atom stereocenters. The Morgan fingerprint density at radius 1 is 1.40 bits per heavy atom. The van der Waals surface area contributed by atoms with E-state index in [2.05, 4.69) is 16.9 Å². The third-order valence-corrected chi connectivity index (χ3v) is 5.13. The molecule has 4 nitrogen and oxygen atoms in total. The number of urea groups is 1. The number of amides is 2. The smallest absolute Gasteiger partial charge is 0.315 e. The van der Waals surface area contributed by atoms with Gasteiger partial charge in [0.25, 0.3) is 0 Å². The molecule has 0 aromatic carbocycles. The number of thioether (sulfide) groups is 1. The molecule has 0 aromatic rings. The molecule has 20 heavy (non-hydrogen) atoms. The summed E-state index contributed by atoms with van der Waals surface area (Å²) in [6, 6.07) is 0.286. The Bertz CT molecular complexity index is 298. The Kier molecular flexibility index (Phi) is 7.74. The molecule has 5 heteroatoms. The summed E-state index contributed by atoms with van der Waals surface area (Å²) in [4.78, 5) is 11.8. The van der Waals surface area contributed by atoms with Crippen LogP contribution in [0.2, 0.25) is 0 Å². The fraction of sp³-hybridized carbons (Fsp3) is 0.933. The molecule has 2 atom stereocenters. The van der Waals surface area contributed by atoms with Gasteiger partial charge in [-0.05, 0) is 43.8 Å². The zero-order chi connectivity index (χ0) is 15.0. The highest BCUT2D eigenvalue weighted by atomic mass is 32.2. The Morgan fingerprint density at radius 2 is 2.15 bits per heavy atom. The molecule has 1 saturated carbocycles. The van der Waals surface area contributed by atoms with E-state index in [4.69, 9.17) is 5.11 Å². The van der Waals surface area contributed by atoms with E-state index >= 15 is 0 Å². The Labute approximate surface area is 127 Å². The molecule has 0 heterocycles. The van der Waals surface area contributed by atoms with Gasteiger partial charge in [0.1, 0.15) is 0 Å². The molecule has 1 aliphatic carbocycles. The number of nitrogens with one attached hydrogen (secondary N) is 2. The van der Waals surface area contributed by atoms with E-state index in [0.717, 1.165) is 25.7 Å². The second-order valence-electron chi connectivity index (χ2n) is 6.55. The number of hydrogen-bond donors (Lipinski definition) is 3. The van der Waals surface area contributed by atoms with Gasteiger partial charge >= 0.3 is 6.03 Å². The molecule has 118 valence electrons. The molecule has 2 amide bonds. The Hall–Kier alpha value is -0.420. The van der Waals surface area contributed by atoms with Crippen molar-refractivity contribution in [2.75, 3.05) is 19.4 Å². The van der Waals surface area contributed by atoms with Crippen LogP contribution in [0.15, 0.2) is 0 Å². The van der Waals surface area contributed by atoms with Gasteiger partial charge in [-0.25, -0.2) is 4.79 Å². The fourth-order valence-corrected chi connectivity index (χ4v) is 3.40. The van der Waals surface area contributed by atoms with Crippen LogP contribution in [0, 0.1) is 5.41 Å². The summed E-state index contributed by atoms with van der Waals surface area (Å²) in [5.74, 6) is 0. The van der Waals surface area contributed by atoms with E-state index in [-0.39, 0.29) is 18.1 Å². The standard InChI is InChI=1S/C15H30N2O2S/c1-15(2,11-18)8-5-9-16-14(19)17-12-6-4-7-13(10-12)20-3/h12-13,18H,4-11H2,1-3H3,(H2,16,17,19). The normalized spacial score (nSPS) is 23.4. The van der Waals surface area contributed by atoms with Crippen molar-refractivity contribution in [3.05, 3.63) is 0 Å². The maximum atomic E-state index is 11.8. The first-order valence-electron chi connectivity index (χ1n) is 7.65. The quantitative estimate of drug-likeness (QED) is 0.634. The van der Waals surface area contributed by atoms with Crippen molar-refractivity contribution in [1.82, 2.24) is 10.6 Å². The van der Waals surface area contributed by atoms with Crippen molar-refractivity contribution in [2.45, 2.75) is 63.7 Å². The summed E-state index contributed by atoms with van der Waals surface area (Å²) in [6.07, 6.45) is 8.64. The lowest BCUT2D eigenvalue weighted by Crippen LogP contribution is -2.44. The highest BCUT2D eigenvalue weighted by Crippen LogP contribution is 2.26. The lowest BCUT2D eigenvalue weighted by molar-refractivity contribution is 0.148. The highest BCUT2D eigenvalue weighted by Gasteiger charge is 2.22. The van der Waals surface area contributed by atoms with Gasteiger partial charge in [0.15, 0.2) is 0 Å². The third-order valence-electron chi connectivity index (χ3n) is 4.04. The number of carbonyl (C=O) groups is 1. The molecule has 1 fully saturated rings. The maximum Gasteiger partial charge on any atom is 0.315 e. The highest BCUT2D eigenvalue weighted by molar-refractivity contribution is 7.99. The minimum Gasteiger partial charge on any atom is -0.396 e. The molecular formula is C15H30N2O2S. The van der Waals surface area contributed by atoms with Crippen LogP contribution in [0.4, 0.5) is 4.79 Å². The monoisotopic (exact) mass is 302 g/mol. The number of carbonyl (C=O) groups excluding carboxylic acids is 1. The van der Waals surface area contributed by atoms with Gasteiger partial charge in [0, 0.05) is 24.4 Å². The van der Waals surface area contributed by atoms with Gasteiger partial charge in [-0.2, -0.15) is 11.8 Å². The second kappa shape index (κ2) is 8.78. The maximum absolute atomic E-state index is 11.8. The van der Waals surface area contributed by atoms with Gasteiger partial charge in [0.05, 0.1) is 0 Å². The molecule has 0 aromatic heterocycles. The number of rotatable bonds is 7. The van der Waals surface area contributed by atoms with E-state index < -0.39 is 0 Å². The molecule has 0 spiro atoms. The molecule has 1 rings (SSSR count). The molecule has 3 N–H and O–H groups in total.